The Morgan fingerprint density at radius 2 is 1.59 bits per heavy atom. The zero-order valence-corrected chi connectivity index (χ0v) is 24.1. The highest BCUT2D eigenvalue weighted by molar-refractivity contribution is 6.08. The third kappa shape index (κ3) is 7.12. The first-order valence-corrected chi connectivity index (χ1v) is 13.7. The Hall–Kier alpha value is -3.97. The van der Waals surface area contributed by atoms with Gasteiger partial charge in [-0.2, -0.15) is 0 Å². The van der Waals surface area contributed by atoms with Crippen LogP contribution in [0.4, 0.5) is 5.82 Å². The van der Waals surface area contributed by atoms with Crippen molar-refractivity contribution in [2.75, 3.05) is 26.6 Å². The van der Waals surface area contributed by atoms with Gasteiger partial charge in [-0.05, 0) is 41.8 Å². The second kappa shape index (κ2) is 14.8. The number of rotatable bonds is 9. The third-order valence-electron chi connectivity index (χ3n) is 6.30. The molecule has 3 heterocycles. The van der Waals surface area contributed by atoms with Gasteiger partial charge < -0.3 is 19.2 Å². The average molecular weight is 528 g/mol. The van der Waals surface area contributed by atoms with Crippen LogP contribution < -0.4 is 5.32 Å². The number of pyridine rings is 1. The fraction of sp³-hybridized carbons (Fsp3) is 0.344. The van der Waals surface area contributed by atoms with E-state index >= 15 is 0 Å². The molecule has 7 heteroatoms. The standard InChI is InChI=1S/C28H29N5O.C2H6O.C2H6/c1-3-4-7-25-31-26-27(23-13-12-22(19-34)16-24(23)30-28(26)29-2)33(25)18-21-10-8-20(9-11-21)17-32-14-5-6-15-32;1-3-2;1-2/h5-6,8-16,19H,3-4,7,17-18H2,1-2H3,(H,29,30);1-2H3;1-2H3. The number of anilines is 1. The molecule has 7 nitrogen and oxygen atoms in total. The first-order chi connectivity index (χ1) is 19.1. The van der Waals surface area contributed by atoms with Gasteiger partial charge in [-0.25, -0.2) is 9.97 Å². The first kappa shape index (κ1) is 29.6. The Morgan fingerprint density at radius 1 is 0.949 bits per heavy atom. The first-order valence-electron chi connectivity index (χ1n) is 13.7. The predicted molar refractivity (Wildman–Crippen MR) is 162 cm³/mol. The van der Waals surface area contributed by atoms with Crippen LogP contribution in [0.25, 0.3) is 21.9 Å². The van der Waals surface area contributed by atoms with Gasteiger partial charge in [-0.1, -0.05) is 57.5 Å². The van der Waals surface area contributed by atoms with Gasteiger partial charge >= 0.3 is 0 Å². The molecule has 39 heavy (non-hydrogen) atoms. The van der Waals surface area contributed by atoms with E-state index in [9.17, 15) is 4.79 Å². The number of benzene rings is 2. The number of nitrogens with one attached hydrogen (secondary N) is 1. The molecule has 206 valence electrons. The normalized spacial score (nSPS) is 10.5. The molecule has 0 aliphatic carbocycles. The van der Waals surface area contributed by atoms with Crippen LogP contribution in [0.15, 0.2) is 67.0 Å². The summed E-state index contributed by atoms with van der Waals surface area (Å²) in [7, 11) is 5.12. The summed E-state index contributed by atoms with van der Waals surface area (Å²) in [6.45, 7) is 7.80. The Morgan fingerprint density at radius 3 is 2.18 bits per heavy atom. The highest BCUT2D eigenvalue weighted by Gasteiger charge is 2.18. The number of imidazole rings is 1. The number of hydrogen-bond acceptors (Lipinski definition) is 5. The monoisotopic (exact) mass is 527 g/mol. The highest BCUT2D eigenvalue weighted by Crippen LogP contribution is 2.31. The number of unbranched alkanes of at least 4 members (excludes halogenated alkanes) is 1. The predicted octanol–water partition coefficient (Wildman–Crippen LogP) is 6.97. The molecule has 5 rings (SSSR count). The number of aryl methyl sites for hydroxylation is 1. The number of hydrogen-bond donors (Lipinski definition) is 1. The van der Waals surface area contributed by atoms with Crippen LogP contribution in [-0.2, 0) is 24.2 Å². The molecule has 2 aromatic carbocycles. The summed E-state index contributed by atoms with van der Waals surface area (Å²) in [6.07, 6.45) is 8.13. The second-order valence-electron chi connectivity index (χ2n) is 9.10. The summed E-state index contributed by atoms with van der Waals surface area (Å²) in [5, 5.41) is 4.22. The lowest BCUT2D eigenvalue weighted by Gasteiger charge is -2.12. The Labute approximate surface area is 231 Å². The number of aromatic nitrogens is 4. The van der Waals surface area contributed by atoms with E-state index in [1.54, 1.807) is 14.2 Å². The zero-order valence-electron chi connectivity index (χ0n) is 24.1. The van der Waals surface area contributed by atoms with Crippen molar-refractivity contribution >= 4 is 34.0 Å². The Bertz CT molecular complexity index is 1450. The molecule has 3 aromatic heterocycles. The average Bonchev–Trinajstić information content (AvgIpc) is 3.61. The quantitative estimate of drug-likeness (QED) is 0.210. The lowest BCUT2D eigenvalue weighted by Crippen LogP contribution is -2.06. The van der Waals surface area contributed by atoms with Crippen LogP contribution in [0.2, 0.25) is 0 Å². The van der Waals surface area contributed by atoms with E-state index in [2.05, 4.69) is 62.8 Å². The molecule has 0 unspecified atom stereocenters. The van der Waals surface area contributed by atoms with E-state index in [1.165, 1.54) is 11.1 Å². The van der Waals surface area contributed by atoms with Gasteiger partial charge in [0.25, 0.3) is 0 Å². The second-order valence-corrected chi connectivity index (χ2v) is 9.10. The number of nitrogens with zero attached hydrogens (tertiary/aromatic N) is 4. The van der Waals surface area contributed by atoms with E-state index < -0.39 is 0 Å². The topological polar surface area (TPSA) is 74.0 Å². The fourth-order valence-corrected chi connectivity index (χ4v) is 4.51. The van der Waals surface area contributed by atoms with Crippen molar-refractivity contribution in [1.82, 2.24) is 19.1 Å². The molecule has 0 spiro atoms. The van der Waals surface area contributed by atoms with Crippen molar-refractivity contribution in [3.8, 4) is 0 Å². The molecular weight excluding hydrogens is 486 g/mol. The lowest BCUT2D eigenvalue weighted by molar-refractivity contribution is 0.112. The molecule has 0 radical (unpaired) electrons. The van der Waals surface area contributed by atoms with Gasteiger partial charge in [0.2, 0.25) is 0 Å². The van der Waals surface area contributed by atoms with Crippen molar-refractivity contribution in [1.29, 1.82) is 0 Å². The van der Waals surface area contributed by atoms with Crippen molar-refractivity contribution < 1.29 is 9.53 Å². The molecule has 0 aliphatic heterocycles. The summed E-state index contributed by atoms with van der Waals surface area (Å²) in [4.78, 5) is 21.2. The number of ether oxygens (including phenoxy) is 1. The van der Waals surface area contributed by atoms with Crippen molar-refractivity contribution in [2.24, 2.45) is 0 Å². The Kier molecular flexibility index (Phi) is 11.3. The summed E-state index contributed by atoms with van der Waals surface area (Å²) >= 11 is 0. The van der Waals surface area contributed by atoms with Gasteiger partial charge in [-0.15, -0.1) is 0 Å². The van der Waals surface area contributed by atoms with Crippen LogP contribution in [-0.4, -0.2) is 46.7 Å². The molecule has 0 aliphatic rings. The molecule has 0 saturated carbocycles. The largest absolute Gasteiger partial charge is 0.388 e. The minimum Gasteiger partial charge on any atom is -0.388 e. The minimum absolute atomic E-state index is 0.622. The molecule has 5 aromatic rings. The number of fused-ring (bicyclic) bond motifs is 3. The molecule has 0 amide bonds. The van der Waals surface area contributed by atoms with Crippen LogP contribution >= 0.6 is 0 Å². The van der Waals surface area contributed by atoms with Gasteiger partial charge in [0.05, 0.1) is 11.0 Å². The van der Waals surface area contributed by atoms with Gasteiger partial charge in [0.15, 0.2) is 5.82 Å². The number of methoxy groups -OCH3 is 1. The maximum absolute atomic E-state index is 11.4. The minimum atomic E-state index is 0.622. The van der Waals surface area contributed by atoms with E-state index in [4.69, 9.17) is 9.97 Å². The van der Waals surface area contributed by atoms with Gasteiger partial charge in [0, 0.05) is 64.1 Å². The lowest BCUT2D eigenvalue weighted by atomic mass is 10.1. The molecule has 0 fully saturated rings. The van der Waals surface area contributed by atoms with E-state index in [0.717, 1.165) is 72.2 Å². The van der Waals surface area contributed by atoms with Crippen molar-refractivity contribution in [2.45, 2.75) is 53.1 Å². The molecule has 1 N–H and O–H groups in total. The smallest absolute Gasteiger partial charge is 0.154 e. The van der Waals surface area contributed by atoms with Crippen molar-refractivity contribution in [3.63, 3.8) is 0 Å². The van der Waals surface area contributed by atoms with E-state index in [-0.39, 0.29) is 0 Å². The number of aldehydes is 1. The number of carbonyl (C=O) groups is 1. The van der Waals surface area contributed by atoms with Crippen LogP contribution in [0.5, 0.6) is 0 Å². The fourth-order valence-electron chi connectivity index (χ4n) is 4.51. The summed E-state index contributed by atoms with van der Waals surface area (Å²) < 4.78 is 8.75. The van der Waals surface area contributed by atoms with Crippen molar-refractivity contribution in [3.05, 3.63) is 89.5 Å². The third-order valence-corrected chi connectivity index (χ3v) is 6.30. The SMILES string of the molecule is CC.CCCCc1nc2c(NC)nc3cc(C=O)ccc3c2n1Cc1ccc(Cn2cccc2)cc1.COC. The summed E-state index contributed by atoms with van der Waals surface area (Å²) in [6, 6.07) is 18.6. The molecular formula is C32H41N5O2. The Balaban J connectivity index is 0.000000787. The van der Waals surface area contributed by atoms with Gasteiger partial charge in [0.1, 0.15) is 17.6 Å². The summed E-state index contributed by atoms with van der Waals surface area (Å²) in [5.74, 6) is 1.81. The van der Waals surface area contributed by atoms with Gasteiger partial charge in [-0.3, -0.25) is 4.79 Å². The highest BCUT2D eigenvalue weighted by atomic mass is 16.4. The molecule has 0 atom stereocenters. The zero-order chi connectivity index (χ0) is 28.2. The maximum Gasteiger partial charge on any atom is 0.154 e. The maximum atomic E-state index is 11.4. The van der Waals surface area contributed by atoms with Crippen LogP contribution in [0.1, 0.15) is 60.9 Å². The van der Waals surface area contributed by atoms with Crippen LogP contribution in [0, 0.1) is 0 Å². The molecule has 0 saturated heterocycles. The van der Waals surface area contributed by atoms with E-state index in [1.807, 2.05) is 51.2 Å². The van der Waals surface area contributed by atoms with E-state index in [0.29, 0.717) is 5.56 Å². The number of carbonyl (C=O) groups excluding carboxylic acids is 1. The van der Waals surface area contributed by atoms with Crippen LogP contribution in [0.3, 0.4) is 0 Å². The summed E-state index contributed by atoms with van der Waals surface area (Å²) in [5.41, 5.74) is 5.87. The molecule has 0 bridgehead atoms.